The van der Waals surface area contributed by atoms with Crippen LogP contribution in [0.3, 0.4) is 0 Å². The first-order valence-corrected chi connectivity index (χ1v) is 5.78. The topological polar surface area (TPSA) is 62.4 Å². The molecule has 0 aliphatic carbocycles. The second-order valence-electron chi connectivity index (χ2n) is 3.75. The highest BCUT2D eigenvalue weighted by atomic mass is 32.1. The SMILES string of the molecule is Cc1ccc(C(N)=S)c(N(CCO)CC(F)F)n1. The lowest BCUT2D eigenvalue weighted by Crippen LogP contribution is -2.34. The third-order valence-corrected chi connectivity index (χ3v) is 2.53. The van der Waals surface area contributed by atoms with Crippen molar-refractivity contribution in [2.75, 3.05) is 24.6 Å². The molecule has 18 heavy (non-hydrogen) atoms. The largest absolute Gasteiger partial charge is 0.395 e. The number of aromatic nitrogens is 1. The smallest absolute Gasteiger partial charge is 0.255 e. The van der Waals surface area contributed by atoms with Gasteiger partial charge in [0, 0.05) is 12.2 Å². The summed E-state index contributed by atoms with van der Waals surface area (Å²) in [5.74, 6) is 0.289. The normalized spacial score (nSPS) is 10.7. The predicted molar refractivity (Wildman–Crippen MR) is 70.2 cm³/mol. The van der Waals surface area contributed by atoms with Crippen LogP contribution < -0.4 is 10.6 Å². The number of aliphatic hydroxyl groups is 1. The van der Waals surface area contributed by atoms with Crippen LogP contribution >= 0.6 is 12.2 Å². The Kier molecular flexibility index (Phi) is 5.36. The Hall–Kier alpha value is -1.34. The summed E-state index contributed by atoms with van der Waals surface area (Å²) in [7, 11) is 0. The molecule has 0 aliphatic heterocycles. The van der Waals surface area contributed by atoms with Crippen molar-refractivity contribution in [1.29, 1.82) is 0 Å². The molecule has 0 atom stereocenters. The van der Waals surface area contributed by atoms with Crippen molar-refractivity contribution >= 4 is 23.0 Å². The van der Waals surface area contributed by atoms with Crippen molar-refractivity contribution < 1.29 is 13.9 Å². The van der Waals surface area contributed by atoms with Gasteiger partial charge in [0.25, 0.3) is 6.43 Å². The van der Waals surface area contributed by atoms with Crippen molar-refractivity contribution in [3.05, 3.63) is 23.4 Å². The zero-order valence-corrected chi connectivity index (χ0v) is 10.8. The fraction of sp³-hybridized carbons (Fsp3) is 0.455. The second-order valence-corrected chi connectivity index (χ2v) is 4.19. The molecule has 0 aromatic carbocycles. The maximum Gasteiger partial charge on any atom is 0.255 e. The quantitative estimate of drug-likeness (QED) is 0.761. The summed E-state index contributed by atoms with van der Waals surface area (Å²) < 4.78 is 25.0. The minimum atomic E-state index is -2.53. The number of rotatable bonds is 6. The molecule has 4 nitrogen and oxygen atoms in total. The Bertz CT molecular complexity index is 429. The Morgan fingerprint density at radius 2 is 2.22 bits per heavy atom. The van der Waals surface area contributed by atoms with E-state index in [0.717, 1.165) is 0 Å². The number of anilines is 1. The average Bonchev–Trinajstić information content (AvgIpc) is 2.27. The summed E-state index contributed by atoms with van der Waals surface area (Å²) in [6.07, 6.45) is -2.53. The second kappa shape index (κ2) is 6.55. The molecular weight excluding hydrogens is 260 g/mol. The maximum atomic E-state index is 12.5. The zero-order chi connectivity index (χ0) is 13.7. The predicted octanol–water partition coefficient (Wildman–Crippen LogP) is 1.09. The molecule has 100 valence electrons. The van der Waals surface area contributed by atoms with Gasteiger partial charge in [0.05, 0.1) is 18.7 Å². The lowest BCUT2D eigenvalue weighted by Gasteiger charge is -2.24. The van der Waals surface area contributed by atoms with Crippen molar-refractivity contribution in [1.82, 2.24) is 4.98 Å². The minimum absolute atomic E-state index is 0.0520. The Balaban J connectivity index is 3.15. The summed E-state index contributed by atoms with van der Waals surface area (Å²) in [5.41, 5.74) is 6.65. The highest BCUT2D eigenvalue weighted by molar-refractivity contribution is 7.80. The molecule has 1 rings (SSSR count). The van der Waals surface area contributed by atoms with E-state index in [1.165, 1.54) is 4.90 Å². The number of thiocarbonyl (C=S) groups is 1. The lowest BCUT2D eigenvalue weighted by atomic mass is 10.2. The molecule has 0 saturated carbocycles. The van der Waals surface area contributed by atoms with Gasteiger partial charge in [0.2, 0.25) is 0 Å². The van der Waals surface area contributed by atoms with Crippen LogP contribution in [0.5, 0.6) is 0 Å². The Morgan fingerprint density at radius 1 is 1.56 bits per heavy atom. The van der Waals surface area contributed by atoms with E-state index in [9.17, 15) is 8.78 Å². The summed E-state index contributed by atoms with van der Waals surface area (Å²) in [6.45, 7) is 1.02. The van der Waals surface area contributed by atoms with E-state index in [2.05, 4.69) is 4.98 Å². The Morgan fingerprint density at radius 3 is 2.72 bits per heavy atom. The van der Waals surface area contributed by atoms with Gasteiger partial charge in [-0.05, 0) is 19.1 Å². The molecule has 1 aromatic rings. The fourth-order valence-electron chi connectivity index (χ4n) is 1.55. The molecule has 0 fully saturated rings. The summed E-state index contributed by atoms with van der Waals surface area (Å²) in [4.78, 5) is 5.56. The van der Waals surface area contributed by atoms with Gasteiger partial charge in [-0.2, -0.15) is 0 Å². The number of nitrogens with zero attached hydrogens (tertiary/aromatic N) is 2. The van der Waals surface area contributed by atoms with Crippen LogP contribution in [-0.4, -0.2) is 41.2 Å². The van der Waals surface area contributed by atoms with Crippen LogP contribution in [0.4, 0.5) is 14.6 Å². The molecule has 0 spiro atoms. The van der Waals surface area contributed by atoms with E-state index in [-0.39, 0.29) is 24.0 Å². The number of nitrogens with two attached hydrogens (primary N) is 1. The first kappa shape index (κ1) is 14.7. The summed E-state index contributed by atoms with van der Waals surface area (Å²) in [6, 6.07) is 3.35. The molecular formula is C11H15F2N3OS. The number of aryl methyl sites for hydroxylation is 1. The molecule has 0 bridgehead atoms. The van der Waals surface area contributed by atoms with Gasteiger partial charge in [0.1, 0.15) is 10.8 Å². The number of aliphatic hydroxyl groups excluding tert-OH is 1. The maximum absolute atomic E-state index is 12.5. The van der Waals surface area contributed by atoms with E-state index in [0.29, 0.717) is 11.3 Å². The molecule has 0 aliphatic rings. The highest BCUT2D eigenvalue weighted by Crippen LogP contribution is 2.19. The fourth-order valence-corrected chi connectivity index (χ4v) is 1.71. The standard InChI is InChI=1S/C11H15F2N3OS/c1-7-2-3-8(10(14)18)11(15-7)16(4-5-17)6-9(12)13/h2-3,9,17H,4-6H2,1H3,(H2,14,18). The van der Waals surface area contributed by atoms with Crippen LogP contribution in [-0.2, 0) is 0 Å². The van der Waals surface area contributed by atoms with Gasteiger partial charge >= 0.3 is 0 Å². The van der Waals surface area contributed by atoms with Crippen LogP contribution in [0.1, 0.15) is 11.3 Å². The highest BCUT2D eigenvalue weighted by Gasteiger charge is 2.18. The van der Waals surface area contributed by atoms with Crippen molar-refractivity contribution in [2.24, 2.45) is 5.73 Å². The van der Waals surface area contributed by atoms with Crippen LogP contribution in [0.15, 0.2) is 12.1 Å². The molecule has 0 unspecified atom stereocenters. The van der Waals surface area contributed by atoms with Crippen molar-refractivity contribution in [3.8, 4) is 0 Å². The minimum Gasteiger partial charge on any atom is -0.395 e. The van der Waals surface area contributed by atoms with Crippen molar-refractivity contribution in [2.45, 2.75) is 13.3 Å². The van der Waals surface area contributed by atoms with E-state index in [4.69, 9.17) is 23.1 Å². The zero-order valence-electron chi connectivity index (χ0n) is 9.94. The summed E-state index contributed by atoms with van der Waals surface area (Å²) in [5, 5.41) is 8.93. The van der Waals surface area contributed by atoms with Crippen LogP contribution in [0.25, 0.3) is 0 Å². The van der Waals surface area contributed by atoms with Gasteiger partial charge in [-0.3, -0.25) is 0 Å². The van der Waals surface area contributed by atoms with Gasteiger partial charge in [-0.25, -0.2) is 13.8 Å². The molecule has 1 aromatic heterocycles. The first-order chi connectivity index (χ1) is 8.45. The number of halogens is 2. The van der Waals surface area contributed by atoms with E-state index in [1.807, 2.05) is 0 Å². The van der Waals surface area contributed by atoms with Gasteiger partial charge in [-0.1, -0.05) is 12.2 Å². The molecule has 0 saturated heterocycles. The molecule has 3 N–H and O–H groups in total. The number of hydrogen-bond acceptors (Lipinski definition) is 4. The van der Waals surface area contributed by atoms with Gasteiger partial charge < -0.3 is 15.7 Å². The lowest BCUT2D eigenvalue weighted by molar-refractivity contribution is 0.152. The number of pyridine rings is 1. The summed E-state index contributed by atoms with van der Waals surface area (Å²) >= 11 is 4.87. The first-order valence-electron chi connectivity index (χ1n) is 5.37. The van der Waals surface area contributed by atoms with Crippen molar-refractivity contribution in [3.63, 3.8) is 0 Å². The van der Waals surface area contributed by atoms with E-state index >= 15 is 0 Å². The van der Waals surface area contributed by atoms with Crippen LogP contribution in [0, 0.1) is 6.92 Å². The molecule has 0 radical (unpaired) electrons. The molecule has 7 heteroatoms. The third-order valence-electron chi connectivity index (χ3n) is 2.31. The van der Waals surface area contributed by atoms with Gasteiger partial charge in [-0.15, -0.1) is 0 Å². The Labute approximate surface area is 109 Å². The number of hydrogen-bond donors (Lipinski definition) is 2. The number of alkyl halides is 2. The van der Waals surface area contributed by atoms with E-state index in [1.54, 1.807) is 19.1 Å². The monoisotopic (exact) mass is 275 g/mol. The van der Waals surface area contributed by atoms with Gasteiger partial charge in [0.15, 0.2) is 0 Å². The average molecular weight is 275 g/mol. The third kappa shape index (κ3) is 3.85. The molecule has 1 heterocycles. The van der Waals surface area contributed by atoms with E-state index < -0.39 is 13.0 Å². The van der Waals surface area contributed by atoms with Crippen LogP contribution in [0.2, 0.25) is 0 Å². The molecule has 0 amide bonds.